The summed E-state index contributed by atoms with van der Waals surface area (Å²) in [5, 5.41) is 10.7. The number of rotatable bonds is 8. The largest absolute Gasteiger partial charge is 0.336 e. The molecule has 1 amide bonds. The number of para-hydroxylation sites is 1. The Morgan fingerprint density at radius 1 is 1.16 bits per heavy atom. The van der Waals surface area contributed by atoms with Gasteiger partial charge in [-0.3, -0.25) is 4.79 Å². The van der Waals surface area contributed by atoms with E-state index in [1.165, 1.54) is 30.2 Å². The number of fused-ring (bicyclic) bond motifs is 1. The standard InChI is InChI=1S/C24H25N5OS2/c1-16(23-25-19-10-6-7-11-20(19)32-23)28(2)21(30)15-31-24-27-26-22(18-12-13-18)29(24)14-17-8-4-3-5-9-17/h3-11,16,18H,12-15H2,1-2H3. The van der Waals surface area contributed by atoms with Crippen LogP contribution in [0.15, 0.2) is 59.8 Å². The van der Waals surface area contributed by atoms with Crippen molar-refractivity contribution in [2.24, 2.45) is 0 Å². The van der Waals surface area contributed by atoms with Crippen molar-refractivity contribution in [3.8, 4) is 0 Å². The Balaban J connectivity index is 1.28. The summed E-state index contributed by atoms with van der Waals surface area (Å²) in [6.07, 6.45) is 2.33. The van der Waals surface area contributed by atoms with Gasteiger partial charge in [-0.1, -0.05) is 54.2 Å². The minimum absolute atomic E-state index is 0.0592. The fraction of sp³-hybridized carbons (Fsp3) is 0.333. The molecule has 1 aliphatic rings. The Labute approximate surface area is 195 Å². The molecule has 0 bridgehead atoms. The molecule has 6 nitrogen and oxygen atoms in total. The fourth-order valence-electron chi connectivity index (χ4n) is 3.64. The SMILES string of the molecule is CC(c1nc2ccccc2s1)N(C)C(=O)CSc1nnc(C2CC2)n1Cc1ccccc1. The number of amides is 1. The molecule has 0 radical (unpaired) electrons. The van der Waals surface area contributed by atoms with E-state index in [2.05, 4.69) is 33.0 Å². The third-order valence-corrected chi connectivity index (χ3v) is 8.00. The average molecular weight is 464 g/mol. The van der Waals surface area contributed by atoms with Crippen molar-refractivity contribution >= 4 is 39.2 Å². The molecule has 1 unspecified atom stereocenters. The number of hydrogen-bond donors (Lipinski definition) is 0. The first-order valence-electron chi connectivity index (χ1n) is 10.8. The zero-order valence-electron chi connectivity index (χ0n) is 18.1. The first-order chi connectivity index (χ1) is 15.6. The molecule has 0 aliphatic heterocycles. The van der Waals surface area contributed by atoms with Crippen molar-refractivity contribution in [2.45, 2.75) is 43.4 Å². The van der Waals surface area contributed by atoms with E-state index in [9.17, 15) is 4.79 Å². The van der Waals surface area contributed by atoms with Crippen LogP contribution in [0.1, 0.15) is 48.1 Å². The predicted octanol–water partition coefficient (Wildman–Crippen LogP) is 5.13. The molecule has 164 valence electrons. The van der Waals surface area contributed by atoms with Gasteiger partial charge in [0.1, 0.15) is 10.8 Å². The molecule has 2 heterocycles. The molecular weight excluding hydrogens is 438 g/mol. The molecule has 1 fully saturated rings. The minimum Gasteiger partial charge on any atom is -0.336 e. The highest BCUT2D eigenvalue weighted by Gasteiger charge is 2.31. The lowest BCUT2D eigenvalue weighted by atomic mass is 10.2. The van der Waals surface area contributed by atoms with Crippen LogP contribution in [0, 0.1) is 0 Å². The summed E-state index contributed by atoms with van der Waals surface area (Å²) in [7, 11) is 1.85. The lowest BCUT2D eigenvalue weighted by molar-refractivity contribution is -0.128. The number of carbonyl (C=O) groups is 1. The van der Waals surface area contributed by atoms with Crippen LogP contribution in [0.25, 0.3) is 10.2 Å². The van der Waals surface area contributed by atoms with Gasteiger partial charge < -0.3 is 9.47 Å². The molecule has 5 rings (SSSR count). The van der Waals surface area contributed by atoms with Gasteiger partial charge in [0.2, 0.25) is 5.91 Å². The first kappa shape index (κ1) is 21.2. The number of thiazole rings is 1. The number of hydrogen-bond acceptors (Lipinski definition) is 6. The summed E-state index contributed by atoms with van der Waals surface area (Å²) in [6.45, 7) is 2.76. The fourth-order valence-corrected chi connectivity index (χ4v) is 5.57. The number of carbonyl (C=O) groups excluding carboxylic acids is 1. The molecule has 0 saturated heterocycles. The molecule has 1 saturated carbocycles. The Hall–Kier alpha value is -2.71. The van der Waals surface area contributed by atoms with E-state index >= 15 is 0 Å². The molecule has 1 atom stereocenters. The summed E-state index contributed by atoms with van der Waals surface area (Å²) in [5.41, 5.74) is 2.19. The molecule has 0 spiro atoms. The van der Waals surface area contributed by atoms with Gasteiger partial charge in [-0.15, -0.1) is 21.5 Å². The van der Waals surface area contributed by atoms with E-state index in [0.717, 1.165) is 32.7 Å². The highest BCUT2D eigenvalue weighted by atomic mass is 32.2. The predicted molar refractivity (Wildman–Crippen MR) is 129 cm³/mol. The third-order valence-electron chi connectivity index (χ3n) is 5.84. The number of nitrogens with zero attached hydrogens (tertiary/aromatic N) is 5. The van der Waals surface area contributed by atoms with E-state index in [-0.39, 0.29) is 11.9 Å². The topological polar surface area (TPSA) is 63.9 Å². The second-order valence-corrected chi connectivity index (χ2v) is 10.2. The number of benzene rings is 2. The molecule has 8 heteroatoms. The lowest BCUT2D eigenvalue weighted by Crippen LogP contribution is -2.31. The maximum Gasteiger partial charge on any atom is 0.233 e. The second-order valence-electron chi connectivity index (χ2n) is 8.18. The van der Waals surface area contributed by atoms with Crippen LogP contribution in [0.5, 0.6) is 0 Å². The third kappa shape index (κ3) is 4.42. The van der Waals surface area contributed by atoms with E-state index in [0.29, 0.717) is 11.7 Å². The normalized spacial score (nSPS) is 14.6. The molecule has 2 aromatic heterocycles. The van der Waals surface area contributed by atoms with Gasteiger partial charge in [-0.25, -0.2) is 4.98 Å². The van der Waals surface area contributed by atoms with Crippen LogP contribution in [-0.4, -0.2) is 43.4 Å². The molecular formula is C24H25N5OS2. The quantitative estimate of drug-likeness (QED) is 0.339. The molecule has 1 aliphatic carbocycles. The highest BCUT2D eigenvalue weighted by Crippen LogP contribution is 2.40. The van der Waals surface area contributed by atoms with Crippen molar-refractivity contribution in [3.05, 3.63) is 71.0 Å². The van der Waals surface area contributed by atoms with Gasteiger partial charge in [0, 0.05) is 13.0 Å². The molecule has 4 aromatic rings. The molecule has 0 N–H and O–H groups in total. The van der Waals surface area contributed by atoms with Crippen LogP contribution in [0.2, 0.25) is 0 Å². The Morgan fingerprint density at radius 3 is 2.66 bits per heavy atom. The monoisotopic (exact) mass is 463 g/mol. The van der Waals surface area contributed by atoms with Crippen molar-refractivity contribution in [1.82, 2.24) is 24.6 Å². The van der Waals surface area contributed by atoms with Crippen molar-refractivity contribution in [1.29, 1.82) is 0 Å². The average Bonchev–Trinajstić information content (AvgIpc) is 3.44. The summed E-state index contributed by atoms with van der Waals surface area (Å²) < 4.78 is 3.33. The van der Waals surface area contributed by atoms with Crippen LogP contribution >= 0.6 is 23.1 Å². The summed E-state index contributed by atoms with van der Waals surface area (Å²) in [6, 6.07) is 18.3. The Kier molecular flexibility index (Phi) is 5.97. The van der Waals surface area contributed by atoms with Gasteiger partial charge in [-0.2, -0.15) is 0 Å². The van der Waals surface area contributed by atoms with Crippen molar-refractivity contribution in [3.63, 3.8) is 0 Å². The van der Waals surface area contributed by atoms with Crippen molar-refractivity contribution < 1.29 is 4.79 Å². The molecule has 2 aromatic carbocycles. The summed E-state index contributed by atoms with van der Waals surface area (Å²) in [4.78, 5) is 19.5. The van der Waals surface area contributed by atoms with Gasteiger partial charge in [-0.05, 0) is 37.5 Å². The van der Waals surface area contributed by atoms with Gasteiger partial charge in [0.15, 0.2) is 5.16 Å². The zero-order chi connectivity index (χ0) is 22.1. The Bertz CT molecular complexity index is 1200. The number of thioether (sulfide) groups is 1. The van der Waals surface area contributed by atoms with Crippen LogP contribution in [0.4, 0.5) is 0 Å². The Morgan fingerprint density at radius 2 is 1.91 bits per heavy atom. The molecule has 32 heavy (non-hydrogen) atoms. The lowest BCUT2D eigenvalue weighted by Gasteiger charge is -2.23. The zero-order valence-corrected chi connectivity index (χ0v) is 19.8. The second kappa shape index (κ2) is 9.03. The maximum absolute atomic E-state index is 13.0. The van der Waals surface area contributed by atoms with Crippen molar-refractivity contribution in [2.75, 3.05) is 12.8 Å². The van der Waals surface area contributed by atoms with Crippen LogP contribution < -0.4 is 0 Å². The first-order valence-corrected chi connectivity index (χ1v) is 12.6. The summed E-state index contributed by atoms with van der Waals surface area (Å²) in [5.74, 6) is 1.92. The maximum atomic E-state index is 13.0. The minimum atomic E-state index is -0.0790. The van der Waals surface area contributed by atoms with Gasteiger partial charge in [0.25, 0.3) is 0 Å². The van der Waals surface area contributed by atoms with Crippen LogP contribution in [-0.2, 0) is 11.3 Å². The van der Waals surface area contributed by atoms with E-state index in [1.54, 1.807) is 16.2 Å². The van der Waals surface area contributed by atoms with Crippen LogP contribution in [0.3, 0.4) is 0 Å². The van der Waals surface area contributed by atoms with E-state index in [4.69, 9.17) is 4.98 Å². The van der Waals surface area contributed by atoms with Gasteiger partial charge in [0.05, 0.1) is 28.6 Å². The smallest absolute Gasteiger partial charge is 0.233 e. The van der Waals surface area contributed by atoms with Gasteiger partial charge >= 0.3 is 0 Å². The summed E-state index contributed by atoms with van der Waals surface area (Å²) >= 11 is 3.11. The van der Waals surface area contributed by atoms with E-state index < -0.39 is 0 Å². The number of aromatic nitrogens is 4. The van der Waals surface area contributed by atoms with E-state index in [1.807, 2.05) is 50.4 Å². The highest BCUT2D eigenvalue weighted by molar-refractivity contribution is 7.99.